The van der Waals surface area contributed by atoms with Gasteiger partial charge >= 0.3 is 0 Å². The monoisotopic (exact) mass is 393 g/mol. The van der Waals surface area contributed by atoms with Crippen LogP contribution in [0.25, 0.3) is 0 Å². The summed E-state index contributed by atoms with van der Waals surface area (Å²) in [6.45, 7) is 4.33. The van der Waals surface area contributed by atoms with E-state index < -0.39 is 0 Å². The first-order valence-electron chi connectivity index (χ1n) is 7.99. The number of H-pyrrole nitrogens is 1. The van der Waals surface area contributed by atoms with Crippen molar-refractivity contribution in [1.29, 1.82) is 5.41 Å². The zero-order valence-corrected chi connectivity index (χ0v) is 15.4. The van der Waals surface area contributed by atoms with Crippen LogP contribution in [0.2, 0.25) is 0 Å². The summed E-state index contributed by atoms with van der Waals surface area (Å²) in [5, 5.41) is 11.0. The van der Waals surface area contributed by atoms with E-state index >= 15 is 0 Å². The predicted octanol–water partition coefficient (Wildman–Crippen LogP) is 2.51. The molecule has 0 aliphatic carbocycles. The quantitative estimate of drug-likeness (QED) is 0.297. The lowest BCUT2D eigenvalue weighted by Crippen LogP contribution is -2.38. The molecule has 130 valence electrons. The summed E-state index contributed by atoms with van der Waals surface area (Å²) in [4.78, 5) is 13.4. The highest BCUT2D eigenvalue weighted by atomic mass is 79.9. The molecule has 7 nitrogen and oxygen atoms in total. The van der Waals surface area contributed by atoms with Crippen LogP contribution >= 0.6 is 15.9 Å². The van der Waals surface area contributed by atoms with Crippen LogP contribution in [0.5, 0.6) is 0 Å². The molecule has 0 saturated heterocycles. The molecule has 0 aliphatic rings. The molecule has 0 atom stereocenters. The van der Waals surface area contributed by atoms with Crippen LogP contribution in [0.4, 0.5) is 5.82 Å². The van der Waals surface area contributed by atoms with Crippen molar-refractivity contribution in [3.05, 3.63) is 40.5 Å². The Morgan fingerprint density at radius 2 is 2.17 bits per heavy atom. The highest BCUT2D eigenvalue weighted by molar-refractivity contribution is 9.10. The largest absolute Gasteiger partial charge is 0.370 e. The van der Waals surface area contributed by atoms with Gasteiger partial charge in [0, 0.05) is 36.5 Å². The van der Waals surface area contributed by atoms with Gasteiger partial charge in [-0.25, -0.2) is 9.97 Å². The number of aromatic nitrogens is 3. The number of nitrogens with zero attached hydrogens (tertiary/aromatic N) is 3. The number of halogens is 1. The number of nitrogens with two attached hydrogens (primary N) is 1. The molecule has 0 aromatic carbocycles. The Hall–Kier alpha value is -2.09. The lowest BCUT2D eigenvalue weighted by molar-refractivity contribution is 0.399. The second kappa shape index (κ2) is 9.27. The van der Waals surface area contributed by atoms with E-state index in [1.807, 2.05) is 24.1 Å². The third-order valence-corrected chi connectivity index (χ3v) is 4.13. The number of hydrogen-bond acceptors (Lipinski definition) is 4. The molecule has 0 fully saturated rings. The first kappa shape index (κ1) is 18.3. The fourth-order valence-corrected chi connectivity index (χ4v) is 2.88. The van der Waals surface area contributed by atoms with Gasteiger partial charge in [-0.2, -0.15) is 0 Å². The minimum absolute atomic E-state index is 0.120. The zero-order chi connectivity index (χ0) is 17.4. The Labute approximate surface area is 150 Å². The van der Waals surface area contributed by atoms with Gasteiger partial charge < -0.3 is 20.9 Å². The van der Waals surface area contributed by atoms with Crippen molar-refractivity contribution in [3.8, 4) is 0 Å². The first-order chi connectivity index (χ1) is 11.6. The van der Waals surface area contributed by atoms with Crippen molar-refractivity contribution in [2.45, 2.75) is 26.2 Å². The maximum Gasteiger partial charge on any atom is 0.188 e. The van der Waals surface area contributed by atoms with E-state index in [1.165, 1.54) is 0 Å². The van der Waals surface area contributed by atoms with Gasteiger partial charge in [0.05, 0.1) is 12.0 Å². The van der Waals surface area contributed by atoms with Crippen molar-refractivity contribution in [1.82, 2.24) is 19.9 Å². The van der Waals surface area contributed by atoms with E-state index in [9.17, 15) is 0 Å². The smallest absolute Gasteiger partial charge is 0.188 e. The highest BCUT2D eigenvalue weighted by Crippen LogP contribution is 2.16. The van der Waals surface area contributed by atoms with Crippen molar-refractivity contribution in [2.24, 2.45) is 5.73 Å². The number of imidazole rings is 1. The van der Waals surface area contributed by atoms with Crippen LogP contribution in [0, 0.1) is 12.3 Å². The Kier molecular flexibility index (Phi) is 7.05. The van der Waals surface area contributed by atoms with Gasteiger partial charge in [-0.15, -0.1) is 0 Å². The van der Waals surface area contributed by atoms with Crippen LogP contribution in [-0.4, -0.2) is 45.4 Å². The standard InChI is InChI=1S/C16H24BrN7/c1-12-8-13(17)9-22-15(12)21-5-3-7-24(16(18)19)6-2-4-14-10-20-11-23-14/h8-11H,2-7H2,1H3,(H3,18,19)(H,20,23)(H,21,22). The van der Waals surface area contributed by atoms with E-state index in [2.05, 4.69) is 36.2 Å². The van der Waals surface area contributed by atoms with Gasteiger partial charge in [0.15, 0.2) is 5.96 Å². The summed E-state index contributed by atoms with van der Waals surface area (Å²) >= 11 is 3.41. The fraction of sp³-hybridized carbons (Fsp3) is 0.438. The molecule has 0 aliphatic heterocycles. The van der Waals surface area contributed by atoms with Gasteiger partial charge in [-0.3, -0.25) is 5.41 Å². The summed E-state index contributed by atoms with van der Waals surface area (Å²) in [6, 6.07) is 2.03. The summed E-state index contributed by atoms with van der Waals surface area (Å²) in [5.74, 6) is 1.01. The molecule has 0 saturated carbocycles. The van der Waals surface area contributed by atoms with Crippen LogP contribution in [0.15, 0.2) is 29.3 Å². The van der Waals surface area contributed by atoms with E-state index in [4.69, 9.17) is 11.1 Å². The number of pyridine rings is 1. The predicted molar refractivity (Wildman–Crippen MR) is 100 cm³/mol. The SMILES string of the molecule is Cc1cc(Br)cnc1NCCCN(CCCc1c[nH]cn1)C(=N)N. The maximum atomic E-state index is 7.71. The molecule has 0 radical (unpaired) electrons. The lowest BCUT2D eigenvalue weighted by atomic mass is 10.2. The molecule has 2 aromatic rings. The number of anilines is 1. The van der Waals surface area contributed by atoms with Crippen LogP contribution in [0.3, 0.4) is 0 Å². The zero-order valence-electron chi connectivity index (χ0n) is 13.8. The Morgan fingerprint density at radius 3 is 2.83 bits per heavy atom. The molecule has 0 spiro atoms. The number of aromatic amines is 1. The van der Waals surface area contributed by atoms with Crippen LogP contribution in [-0.2, 0) is 6.42 Å². The Morgan fingerprint density at radius 1 is 1.38 bits per heavy atom. The molecule has 0 bridgehead atoms. The summed E-state index contributed by atoms with van der Waals surface area (Å²) in [5.41, 5.74) is 7.82. The van der Waals surface area contributed by atoms with Gasteiger partial charge in [0.1, 0.15) is 5.82 Å². The molecule has 2 heterocycles. The topological polar surface area (TPSA) is 107 Å². The van der Waals surface area contributed by atoms with Crippen molar-refractivity contribution in [3.63, 3.8) is 0 Å². The molecule has 5 N–H and O–H groups in total. The summed E-state index contributed by atoms with van der Waals surface area (Å²) < 4.78 is 0.977. The minimum Gasteiger partial charge on any atom is -0.370 e. The molecule has 24 heavy (non-hydrogen) atoms. The summed E-state index contributed by atoms with van der Waals surface area (Å²) in [6.07, 6.45) is 8.06. The van der Waals surface area contributed by atoms with Gasteiger partial charge in [-0.05, 0) is 53.7 Å². The number of nitrogens with one attached hydrogen (secondary N) is 3. The minimum atomic E-state index is 0.120. The number of hydrogen-bond donors (Lipinski definition) is 4. The van der Waals surface area contributed by atoms with Crippen LogP contribution in [0.1, 0.15) is 24.1 Å². The van der Waals surface area contributed by atoms with Crippen molar-refractivity contribution in [2.75, 3.05) is 25.0 Å². The molecular formula is C16H24BrN7. The molecular weight excluding hydrogens is 370 g/mol. The number of rotatable bonds is 9. The fourth-order valence-electron chi connectivity index (χ4n) is 2.43. The molecule has 2 aromatic heterocycles. The van der Waals surface area contributed by atoms with E-state index in [0.29, 0.717) is 0 Å². The summed E-state index contributed by atoms with van der Waals surface area (Å²) in [7, 11) is 0. The van der Waals surface area contributed by atoms with Gasteiger partial charge in [0.2, 0.25) is 0 Å². The highest BCUT2D eigenvalue weighted by Gasteiger charge is 2.07. The van der Waals surface area contributed by atoms with E-state index in [1.54, 1.807) is 12.5 Å². The third kappa shape index (κ3) is 5.84. The van der Waals surface area contributed by atoms with E-state index in [-0.39, 0.29) is 5.96 Å². The number of aryl methyl sites for hydroxylation is 2. The normalized spacial score (nSPS) is 10.6. The molecule has 8 heteroatoms. The Balaban J connectivity index is 1.70. The van der Waals surface area contributed by atoms with Crippen molar-refractivity contribution < 1.29 is 0 Å². The molecule has 0 amide bonds. The van der Waals surface area contributed by atoms with Gasteiger partial charge in [0.25, 0.3) is 0 Å². The average molecular weight is 394 g/mol. The second-order valence-electron chi connectivity index (χ2n) is 5.64. The molecule has 2 rings (SSSR count). The second-order valence-corrected chi connectivity index (χ2v) is 6.55. The lowest BCUT2D eigenvalue weighted by Gasteiger charge is -2.22. The van der Waals surface area contributed by atoms with Gasteiger partial charge in [-0.1, -0.05) is 0 Å². The molecule has 0 unspecified atom stereocenters. The van der Waals surface area contributed by atoms with Crippen LogP contribution < -0.4 is 11.1 Å². The third-order valence-electron chi connectivity index (χ3n) is 3.70. The van der Waals surface area contributed by atoms with Crippen molar-refractivity contribution >= 4 is 27.7 Å². The first-order valence-corrected chi connectivity index (χ1v) is 8.78. The average Bonchev–Trinajstić information content (AvgIpc) is 3.04. The maximum absolute atomic E-state index is 7.71. The van der Waals surface area contributed by atoms with E-state index in [0.717, 1.165) is 60.4 Å². The Bertz CT molecular complexity index is 642. The number of guanidine groups is 1.